The van der Waals surface area contributed by atoms with Gasteiger partial charge in [-0.25, -0.2) is 4.39 Å². The summed E-state index contributed by atoms with van der Waals surface area (Å²) in [5.41, 5.74) is 0.435. The standard InChI is InChI=1S/C7H7FINO/c1-11-5-2-3-6(8)7(4-5)10-9/h2-4,10H,1H3. The Morgan fingerprint density at radius 3 is 2.82 bits per heavy atom. The van der Waals surface area contributed by atoms with Gasteiger partial charge in [-0.2, -0.15) is 0 Å². The van der Waals surface area contributed by atoms with Crippen molar-refractivity contribution in [3.05, 3.63) is 24.0 Å². The Kier molecular flexibility index (Phi) is 2.92. The van der Waals surface area contributed by atoms with Gasteiger partial charge in [0.2, 0.25) is 0 Å². The van der Waals surface area contributed by atoms with Crippen molar-refractivity contribution in [2.45, 2.75) is 0 Å². The first kappa shape index (κ1) is 8.58. The minimum Gasteiger partial charge on any atom is -0.497 e. The van der Waals surface area contributed by atoms with Crippen LogP contribution in [0.4, 0.5) is 10.1 Å². The van der Waals surface area contributed by atoms with Gasteiger partial charge in [-0.05, 0) is 12.1 Å². The fourth-order valence-corrected chi connectivity index (χ4v) is 1.12. The molecule has 0 saturated heterocycles. The molecule has 0 aliphatic heterocycles. The zero-order valence-electron chi connectivity index (χ0n) is 5.90. The first-order valence-electron chi connectivity index (χ1n) is 2.98. The minimum atomic E-state index is -0.278. The molecule has 1 N–H and O–H groups in total. The highest BCUT2D eigenvalue weighted by Gasteiger charge is 2.00. The van der Waals surface area contributed by atoms with E-state index in [2.05, 4.69) is 3.53 Å². The molecule has 0 amide bonds. The summed E-state index contributed by atoms with van der Waals surface area (Å²) in [7, 11) is 1.55. The van der Waals surface area contributed by atoms with Crippen LogP contribution in [0, 0.1) is 5.82 Å². The Labute approximate surface area is 78.2 Å². The van der Waals surface area contributed by atoms with Gasteiger partial charge in [0.15, 0.2) is 0 Å². The predicted octanol–water partition coefficient (Wildman–Crippen LogP) is 2.60. The second-order valence-electron chi connectivity index (χ2n) is 1.94. The summed E-state index contributed by atoms with van der Waals surface area (Å²) in [5, 5.41) is 0. The van der Waals surface area contributed by atoms with Crippen LogP contribution < -0.4 is 8.27 Å². The zero-order chi connectivity index (χ0) is 8.27. The summed E-state index contributed by atoms with van der Waals surface area (Å²) in [6.07, 6.45) is 0. The third-order valence-electron chi connectivity index (χ3n) is 1.28. The summed E-state index contributed by atoms with van der Waals surface area (Å²) in [4.78, 5) is 0. The molecule has 0 unspecified atom stereocenters. The number of hydrogen-bond acceptors (Lipinski definition) is 2. The topological polar surface area (TPSA) is 21.3 Å². The molecule has 0 bridgehead atoms. The van der Waals surface area contributed by atoms with Gasteiger partial charge in [0, 0.05) is 6.07 Å². The number of hydrogen-bond donors (Lipinski definition) is 1. The normalized spacial score (nSPS) is 9.36. The van der Waals surface area contributed by atoms with Crippen molar-refractivity contribution in [2.75, 3.05) is 10.6 Å². The molecule has 11 heavy (non-hydrogen) atoms. The van der Waals surface area contributed by atoms with E-state index in [0.29, 0.717) is 11.4 Å². The lowest BCUT2D eigenvalue weighted by Crippen LogP contribution is -1.88. The quantitative estimate of drug-likeness (QED) is 0.657. The molecule has 1 aromatic rings. The number of methoxy groups -OCH3 is 1. The molecular weight excluding hydrogens is 260 g/mol. The molecule has 0 atom stereocenters. The number of nitrogens with one attached hydrogen (secondary N) is 1. The van der Waals surface area contributed by atoms with E-state index in [1.54, 1.807) is 19.2 Å². The van der Waals surface area contributed by atoms with Gasteiger partial charge >= 0.3 is 0 Å². The fraction of sp³-hybridized carbons (Fsp3) is 0.143. The second kappa shape index (κ2) is 3.75. The van der Waals surface area contributed by atoms with E-state index < -0.39 is 0 Å². The highest BCUT2D eigenvalue weighted by molar-refractivity contribution is 14.1. The van der Waals surface area contributed by atoms with E-state index >= 15 is 0 Å². The summed E-state index contributed by atoms with van der Waals surface area (Å²) in [6, 6.07) is 4.54. The molecule has 1 aromatic carbocycles. The van der Waals surface area contributed by atoms with Crippen LogP contribution in [-0.4, -0.2) is 7.11 Å². The third kappa shape index (κ3) is 1.95. The van der Waals surface area contributed by atoms with Gasteiger partial charge in [0.05, 0.1) is 35.7 Å². The first-order valence-corrected chi connectivity index (χ1v) is 4.06. The largest absolute Gasteiger partial charge is 0.497 e. The van der Waals surface area contributed by atoms with Crippen molar-refractivity contribution in [3.8, 4) is 5.75 Å². The Morgan fingerprint density at radius 1 is 1.55 bits per heavy atom. The third-order valence-corrected chi connectivity index (χ3v) is 1.86. The maximum Gasteiger partial charge on any atom is 0.147 e. The first-order chi connectivity index (χ1) is 5.27. The average molecular weight is 267 g/mol. The number of halogens is 2. The van der Waals surface area contributed by atoms with E-state index in [4.69, 9.17) is 4.74 Å². The van der Waals surface area contributed by atoms with Crippen LogP contribution in [-0.2, 0) is 0 Å². The minimum absolute atomic E-state index is 0.278. The van der Waals surface area contributed by atoms with Crippen LogP contribution in [0.1, 0.15) is 0 Å². The maximum atomic E-state index is 12.8. The SMILES string of the molecule is COc1ccc(F)c(NI)c1. The summed E-state index contributed by atoms with van der Waals surface area (Å²) in [6.45, 7) is 0. The second-order valence-corrected chi connectivity index (χ2v) is 2.48. The van der Waals surface area contributed by atoms with Crippen molar-refractivity contribution in [1.82, 2.24) is 0 Å². The number of benzene rings is 1. The van der Waals surface area contributed by atoms with Crippen LogP contribution >= 0.6 is 22.9 Å². The van der Waals surface area contributed by atoms with Gasteiger partial charge in [-0.3, -0.25) is 0 Å². The van der Waals surface area contributed by atoms with E-state index in [-0.39, 0.29) is 5.82 Å². The number of rotatable bonds is 2. The molecule has 4 heteroatoms. The van der Waals surface area contributed by atoms with Crippen molar-refractivity contribution in [3.63, 3.8) is 0 Å². The highest BCUT2D eigenvalue weighted by Crippen LogP contribution is 2.21. The maximum absolute atomic E-state index is 12.8. The lowest BCUT2D eigenvalue weighted by Gasteiger charge is -2.03. The summed E-state index contributed by atoms with van der Waals surface area (Å²) >= 11 is 1.87. The summed E-state index contributed by atoms with van der Waals surface area (Å²) in [5.74, 6) is 0.366. The average Bonchev–Trinajstić information content (AvgIpc) is 2.05. The van der Waals surface area contributed by atoms with Crippen LogP contribution in [0.3, 0.4) is 0 Å². The van der Waals surface area contributed by atoms with Crippen LogP contribution in [0.5, 0.6) is 5.75 Å². The fourth-order valence-electron chi connectivity index (χ4n) is 0.704. The molecule has 60 valence electrons. The van der Waals surface area contributed by atoms with E-state index in [1.165, 1.54) is 6.07 Å². The van der Waals surface area contributed by atoms with E-state index in [9.17, 15) is 4.39 Å². The smallest absolute Gasteiger partial charge is 0.147 e. The molecule has 2 nitrogen and oxygen atoms in total. The molecule has 0 aliphatic rings. The van der Waals surface area contributed by atoms with Crippen LogP contribution in [0.25, 0.3) is 0 Å². The van der Waals surface area contributed by atoms with Crippen LogP contribution in [0.15, 0.2) is 18.2 Å². The molecule has 0 aromatic heterocycles. The molecule has 0 radical (unpaired) electrons. The number of anilines is 1. The molecule has 0 heterocycles. The number of ether oxygens (including phenoxy) is 1. The van der Waals surface area contributed by atoms with Crippen molar-refractivity contribution in [1.29, 1.82) is 0 Å². The molecule has 0 saturated carbocycles. The van der Waals surface area contributed by atoms with Crippen molar-refractivity contribution < 1.29 is 9.13 Å². The monoisotopic (exact) mass is 267 g/mol. The lowest BCUT2D eigenvalue weighted by molar-refractivity contribution is 0.414. The molecular formula is C7H7FINO. The zero-order valence-corrected chi connectivity index (χ0v) is 8.05. The Hall–Kier alpha value is -0.520. The Morgan fingerprint density at radius 2 is 2.27 bits per heavy atom. The van der Waals surface area contributed by atoms with E-state index in [1.807, 2.05) is 22.9 Å². The summed E-state index contributed by atoms with van der Waals surface area (Å²) < 4.78 is 20.4. The Bertz CT molecular complexity index is 254. The highest BCUT2D eigenvalue weighted by atomic mass is 127. The van der Waals surface area contributed by atoms with Gasteiger partial charge < -0.3 is 8.27 Å². The van der Waals surface area contributed by atoms with Crippen LogP contribution in [0.2, 0.25) is 0 Å². The van der Waals surface area contributed by atoms with Gasteiger partial charge in [-0.1, -0.05) is 0 Å². The van der Waals surface area contributed by atoms with E-state index in [0.717, 1.165) is 0 Å². The molecule has 1 rings (SSSR count). The lowest BCUT2D eigenvalue weighted by atomic mass is 10.3. The molecule has 0 spiro atoms. The van der Waals surface area contributed by atoms with Gasteiger partial charge in [0.25, 0.3) is 0 Å². The van der Waals surface area contributed by atoms with Crippen molar-refractivity contribution >= 4 is 28.6 Å². The van der Waals surface area contributed by atoms with Gasteiger partial charge in [0.1, 0.15) is 11.6 Å². The van der Waals surface area contributed by atoms with Gasteiger partial charge in [-0.15, -0.1) is 0 Å². The Balaban J connectivity index is 3.02. The molecule has 0 fully saturated rings. The predicted molar refractivity (Wildman–Crippen MR) is 50.6 cm³/mol. The molecule has 0 aliphatic carbocycles. The van der Waals surface area contributed by atoms with Crippen molar-refractivity contribution in [2.24, 2.45) is 0 Å².